The minimum absolute atomic E-state index is 0.888. The van der Waals surface area contributed by atoms with Gasteiger partial charge in [-0.2, -0.15) is 44.6 Å². The summed E-state index contributed by atoms with van der Waals surface area (Å²) in [7, 11) is 1.70. The number of ether oxygens (including phenoxy) is 1. The standard InChI is InChI=1S/C22H22N6O.3C2HF3O2/c1-29-19-4-2-3-18(12-19)27-7-9-28(10-8-27)22-20-11-16(17-13-25-26-14-17)5-6-21(20)23-15-24-22;3*3-2(4,5)1(6)7/h2-6,11-15H,7-10H2,1H3,(H,25,26);3*(H,6,7). The monoisotopic (exact) mass is 728 g/mol. The van der Waals surface area contributed by atoms with Crippen molar-refractivity contribution in [3.05, 3.63) is 61.2 Å². The predicted octanol–water partition coefficient (Wildman–Crippen LogP) is 5.26. The van der Waals surface area contributed by atoms with Crippen LogP contribution in [0.15, 0.2) is 61.2 Å². The van der Waals surface area contributed by atoms with Crippen molar-refractivity contribution in [1.82, 2.24) is 20.2 Å². The molecule has 2 aromatic carbocycles. The van der Waals surface area contributed by atoms with Crippen LogP contribution in [-0.2, 0) is 14.4 Å². The number of hydrogen-bond donors (Lipinski definition) is 4. The number of carbonyl (C=O) groups is 3. The van der Waals surface area contributed by atoms with Crippen LogP contribution in [0.25, 0.3) is 22.0 Å². The highest BCUT2D eigenvalue weighted by Crippen LogP contribution is 2.30. The van der Waals surface area contributed by atoms with Gasteiger partial charge in [0.25, 0.3) is 0 Å². The quantitative estimate of drug-likeness (QED) is 0.201. The molecule has 22 heteroatoms. The van der Waals surface area contributed by atoms with Gasteiger partial charge in [-0.1, -0.05) is 12.1 Å². The van der Waals surface area contributed by atoms with Gasteiger partial charge < -0.3 is 29.9 Å². The van der Waals surface area contributed by atoms with E-state index < -0.39 is 36.4 Å². The Bertz CT molecular complexity index is 1670. The maximum absolute atomic E-state index is 10.6. The molecule has 1 saturated heterocycles. The van der Waals surface area contributed by atoms with Gasteiger partial charge in [-0.05, 0) is 29.8 Å². The summed E-state index contributed by atoms with van der Waals surface area (Å²) < 4.78 is 101. The fraction of sp³-hybridized carbons (Fsp3) is 0.286. The predicted molar refractivity (Wildman–Crippen MR) is 156 cm³/mol. The number of hydrogen-bond acceptors (Lipinski definition) is 9. The number of anilines is 2. The molecule has 272 valence electrons. The minimum Gasteiger partial charge on any atom is -0.497 e. The Balaban J connectivity index is 0.000000338. The van der Waals surface area contributed by atoms with Gasteiger partial charge in [0.15, 0.2) is 0 Å². The van der Waals surface area contributed by atoms with Gasteiger partial charge in [0.05, 0.1) is 18.8 Å². The number of carboxylic acid groups (broad SMARTS) is 3. The van der Waals surface area contributed by atoms with Crippen LogP contribution >= 0.6 is 0 Å². The van der Waals surface area contributed by atoms with Crippen LogP contribution in [0.5, 0.6) is 5.75 Å². The molecule has 0 amide bonds. The molecule has 0 unspecified atom stereocenters. The number of piperazine rings is 1. The summed E-state index contributed by atoms with van der Waals surface area (Å²) in [5.41, 5.74) is 4.32. The molecule has 5 rings (SSSR count). The van der Waals surface area contributed by atoms with Crippen LogP contribution in [0.1, 0.15) is 0 Å². The molecule has 0 spiro atoms. The normalized spacial score (nSPS) is 13.1. The summed E-state index contributed by atoms with van der Waals surface area (Å²) in [5.74, 6) is -6.39. The second-order valence-electron chi connectivity index (χ2n) is 9.50. The number of benzene rings is 2. The number of fused-ring (bicyclic) bond motifs is 1. The smallest absolute Gasteiger partial charge is 0.490 e. The number of nitrogens with one attached hydrogen (secondary N) is 1. The number of aromatic amines is 1. The van der Waals surface area contributed by atoms with E-state index in [-0.39, 0.29) is 0 Å². The van der Waals surface area contributed by atoms with Crippen LogP contribution < -0.4 is 14.5 Å². The Hall–Kier alpha value is -5.83. The Morgan fingerprint density at radius 3 is 1.72 bits per heavy atom. The number of halogens is 9. The van der Waals surface area contributed by atoms with Gasteiger partial charge in [-0.15, -0.1) is 0 Å². The van der Waals surface area contributed by atoms with E-state index >= 15 is 0 Å². The van der Waals surface area contributed by atoms with Crippen LogP contribution in [0, 0.1) is 0 Å². The average Bonchev–Trinajstić information content (AvgIpc) is 3.59. The van der Waals surface area contributed by atoms with E-state index in [0.29, 0.717) is 0 Å². The van der Waals surface area contributed by atoms with E-state index in [2.05, 4.69) is 60.3 Å². The van der Waals surface area contributed by atoms with E-state index in [1.807, 2.05) is 24.5 Å². The molecule has 3 heterocycles. The molecular weight excluding hydrogens is 703 g/mol. The Morgan fingerprint density at radius 2 is 1.26 bits per heavy atom. The molecule has 13 nitrogen and oxygen atoms in total. The number of carboxylic acids is 3. The third-order valence-electron chi connectivity index (χ3n) is 6.17. The lowest BCUT2D eigenvalue weighted by Crippen LogP contribution is -2.46. The summed E-state index contributed by atoms with van der Waals surface area (Å²) in [6.45, 7) is 3.67. The summed E-state index contributed by atoms with van der Waals surface area (Å²) in [6, 6.07) is 14.5. The summed E-state index contributed by atoms with van der Waals surface area (Å²) in [4.78, 5) is 40.5. The Morgan fingerprint density at radius 1 is 0.740 bits per heavy atom. The lowest BCUT2D eigenvalue weighted by molar-refractivity contribution is -0.193. The van der Waals surface area contributed by atoms with Gasteiger partial charge in [-0.3, -0.25) is 5.10 Å². The van der Waals surface area contributed by atoms with Crippen LogP contribution in [-0.4, -0.2) is 105 Å². The molecule has 50 heavy (non-hydrogen) atoms. The van der Waals surface area contributed by atoms with E-state index in [4.69, 9.17) is 34.4 Å². The zero-order valence-corrected chi connectivity index (χ0v) is 25.2. The first-order chi connectivity index (χ1) is 23.1. The van der Waals surface area contributed by atoms with Crippen molar-refractivity contribution in [3.8, 4) is 16.9 Å². The van der Waals surface area contributed by atoms with E-state index in [9.17, 15) is 39.5 Å². The first kappa shape index (κ1) is 40.3. The van der Waals surface area contributed by atoms with Gasteiger partial charge in [0, 0.05) is 55.1 Å². The average molecular weight is 729 g/mol. The molecule has 4 aromatic rings. The van der Waals surface area contributed by atoms with Gasteiger partial charge in [0.1, 0.15) is 17.9 Å². The number of rotatable bonds is 4. The molecule has 1 aliphatic heterocycles. The summed E-state index contributed by atoms with van der Waals surface area (Å²) in [5, 5.41) is 29.4. The third-order valence-corrected chi connectivity index (χ3v) is 6.17. The highest BCUT2D eigenvalue weighted by molar-refractivity contribution is 5.93. The zero-order chi connectivity index (χ0) is 37.9. The Labute approximate surface area is 274 Å². The Kier molecular flexibility index (Phi) is 13.7. The fourth-order valence-electron chi connectivity index (χ4n) is 3.87. The van der Waals surface area contributed by atoms with Crippen LogP contribution in [0.4, 0.5) is 51.0 Å². The zero-order valence-electron chi connectivity index (χ0n) is 25.2. The second kappa shape index (κ2) is 17.0. The van der Waals surface area contributed by atoms with E-state index in [0.717, 1.165) is 59.8 Å². The second-order valence-corrected chi connectivity index (χ2v) is 9.50. The van der Waals surface area contributed by atoms with Gasteiger partial charge in [-0.25, -0.2) is 24.4 Å². The van der Waals surface area contributed by atoms with Crippen molar-refractivity contribution in [3.63, 3.8) is 0 Å². The number of aromatic nitrogens is 4. The maximum atomic E-state index is 10.6. The van der Waals surface area contributed by atoms with Crippen molar-refractivity contribution in [2.45, 2.75) is 18.5 Å². The SMILES string of the molecule is COc1cccc(N2CCN(c3ncnc4ccc(-c5cn[nH]c5)cc34)CC2)c1.O=C(O)C(F)(F)F.O=C(O)C(F)(F)F.O=C(O)C(F)(F)F. The lowest BCUT2D eigenvalue weighted by atomic mass is 10.1. The largest absolute Gasteiger partial charge is 0.497 e. The first-order valence-corrected chi connectivity index (χ1v) is 13.4. The van der Waals surface area contributed by atoms with Gasteiger partial charge >= 0.3 is 36.4 Å². The molecular formula is C28H25F9N6O7. The van der Waals surface area contributed by atoms with Crippen molar-refractivity contribution in [2.24, 2.45) is 0 Å². The van der Waals surface area contributed by atoms with Crippen molar-refractivity contribution in [1.29, 1.82) is 0 Å². The van der Waals surface area contributed by atoms with Crippen molar-refractivity contribution < 1.29 is 74.0 Å². The van der Waals surface area contributed by atoms with Crippen LogP contribution in [0.3, 0.4) is 0 Å². The topological polar surface area (TPSA) is 182 Å². The fourth-order valence-corrected chi connectivity index (χ4v) is 3.87. The number of methoxy groups -OCH3 is 1. The molecule has 2 aromatic heterocycles. The molecule has 4 N–H and O–H groups in total. The summed E-state index contributed by atoms with van der Waals surface area (Å²) >= 11 is 0. The maximum Gasteiger partial charge on any atom is 0.490 e. The molecule has 0 radical (unpaired) electrons. The van der Waals surface area contributed by atoms with E-state index in [1.165, 1.54) is 5.69 Å². The lowest BCUT2D eigenvalue weighted by Gasteiger charge is -2.37. The third kappa shape index (κ3) is 12.3. The minimum atomic E-state index is -5.08. The molecule has 1 fully saturated rings. The van der Waals surface area contributed by atoms with Crippen molar-refractivity contribution >= 4 is 40.3 Å². The number of H-pyrrole nitrogens is 1. The number of aliphatic carboxylic acids is 3. The first-order valence-electron chi connectivity index (χ1n) is 13.4. The van der Waals surface area contributed by atoms with E-state index in [1.54, 1.807) is 13.4 Å². The van der Waals surface area contributed by atoms with Crippen LogP contribution in [0.2, 0.25) is 0 Å². The highest BCUT2D eigenvalue weighted by Gasteiger charge is 2.39. The van der Waals surface area contributed by atoms with Crippen molar-refractivity contribution in [2.75, 3.05) is 43.1 Å². The number of alkyl halides is 9. The molecule has 0 bridgehead atoms. The highest BCUT2D eigenvalue weighted by atomic mass is 19.4. The van der Waals surface area contributed by atoms with Gasteiger partial charge in [0.2, 0.25) is 0 Å². The molecule has 0 saturated carbocycles. The number of nitrogens with zero attached hydrogens (tertiary/aromatic N) is 5. The molecule has 1 aliphatic rings. The summed E-state index contributed by atoms with van der Waals surface area (Å²) in [6.07, 6.45) is -9.86. The molecule has 0 atom stereocenters. The molecule has 0 aliphatic carbocycles.